The molecular formula is C29H25F3O. The SMILES string of the molecule is CCc1ccc(-c2ccc(CCc3ccc(-c4ccc(OC)c(F)c4)cc3)c(F)c2F)cc1. The molecule has 0 aromatic heterocycles. The largest absolute Gasteiger partial charge is 0.494 e. The number of ether oxygens (including phenoxy) is 1. The van der Waals surface area contributed by atoms with Gasteiger partial charge in [-0.25, -0.2) is 13.2 Å². The third kappa shape index (κ3) is 4.95. The average Bonchev–Trinajstić information content (AvgIpc) is 2.85. The Balaban J connectivity index is 1.46. The van der Waals surface area contributed by atoms with Crippen molar-refractivity contribution in [3.63, 3.8) is 0 Å². The lowest BCUT2D eigenvalue weighted by Gasteiger charge is -2.10. The van der Waals surface area contributed by atoms with E-state index in [0.29, 0.717) is 24.0 Å². The van der Waals surface area contributed by atoms with E-state index in [9.17, 15) is 13.2 Å². The van der Waals surface area contributed by atoms with Crippen molar-refractivity contribution in [2.24, 2.45) is 0 Å². The Bertz CT molecular complexity index is 1250. The minimum Gasteiger partial charge on any atom is -0.494 e. The van der Waals surface area contributed by atoms with Gasteiger partial charge in [-0.1, -0.05) is 73.7 Å². The van der Waals surface area contributed by atoms with Crippen LogP contribution in [0.3, 0.4) is 0 Å². The van der Waals surface area contributed by atoms with E-state index < -0.39 is 17.5 Å². The molecule has 0 aliphatic carbocycles. The average molecular weight is 447 g/mol. The van der Waals surface area contributed by atoms with Crippen molar-refractivity contribution < 1.29 is 17.9 Å². The second-order valence-corrected chi connectivity index (χ2v) is 8.00. The van der Waals surface area contributed by atoms with Gasteiger partial charge in [0.1, 0.15) is 0 Å². The van der Waals surface area contributed by atoms with E-state index in [-0.39, 0.29) is 11.3 Å². The summed E-state index contributed by atoms with van der Waals surface area (Å²) in [5, 5.41) is 0. The molecule has 0 N–H and O–H groups in total. The highest BCUT2D eigenvalue weighted by Crippen LogP contribution is 2.28. The fourth-order valence-electron chi connectivity index (χ4n) is 3.91. The molecule has 4 aromatic rings. The fraction of sp³-hybridized carbons (Fsp3) is 0.172. The number of aryl methyl sites for hydroxylation is 3. The van der Waals surface area contributed by atoms with Gasteiger partial charge in [-0.3, -0.25) is 0 Å². The molecule has 0 heterocycles. The van der Waals surface area contributed by atoms with E-state index in [4.69, 9.17) is 4.74 Å². The Morgan fingerprint density at radius 3 is 1.91 bits per heavy atom. The highest BCUT2D eigenvalue weighted by atomic mass is 19.2. The minimum absolute atomic E-state index is 0.202. The van der Waals surface area contributed by atoms with Crippen LogP contribution in [0.5, 0.6) is 5.75 Å². The second-order valence-electron chi connectivity index (χ2n) is 8.00. The van der Waals surface area contributed by atoms with Crippen molar-refractivity contribution in [3.8, 4) is 28.0 Å². The molecular weight excluding hydrogens is 421 g/mol. The van der Waals surface area contributed by atoms with Gasteiger partial charge in [0.25, 0.3) is 0 Å². The summed E-state index contributed by atoms with van der Waals surface area (Å²) < 4.78 is 48.5. The van der Waals surface area contributed by atoms with Gasteiger partial charge in [-0.15, -0.1) is 0 Å². The van der Waals surface area contributed by atoms with Gasteiger partial charge in [0.2, 0.25) is 0 Å². The normalized spacial score (nSPS) is 10.9. The number of halogens is 3. The van der Waals surface area contributed by atoms with Crippen LogP contribution in [-0.2, 0) is 19.3 Å². The minimum atomic E-state index is -0.811. The standard InChI is InChI=1S/C29H25F3O/c1-3-19-4-11-22(12-5-19)25-16-14-23(28(31)29(25)32)13-8-20-6-9-21(10-7-20)24-15-17-27(33-2)26(30)18-24/h4-7,9-12,14-18H,3,8,13H2,1-2H3. The topological polar surface area (TPSA) is 9.23 Å². The molecule has 0 fully saturated rings. The molecule has 0 amide bonds. The molecule has 0 bridgehead atoms. The maximum atomic E-state index is 14.8. The van der Waals surface area contributed by atoms with Crippen molar-refractivity contribution in [1.82, 2.24) is 0 Å². The third-order valence-electron chi connectivity index (χ3n) is 5.96. The van der Waals surface area contributed by atoms with Gasteiger partial charge in [0, 0.05) is 5.56 Å². The van der Waals surface area contributed by atoms with E-state index in [1.807, 2.05) is 48.5 Å². The first-order chi connectivity index (χ1) is 16.0. The first kappa shape index (κ1) is 22.7. The lowest BCUT2D eigenvalue weighted by atomic mass is 9.97. The summed E-state index contributed by atoms with van der Waals surface area (Å²) in [6.07, 6.45) is 1.85. The smallest absolute Gasteiger partial charge is 0.166 e. The van der Waals surface area contributed by atoms with Crippen molar-refractivity contribution in [3.05, 3.63) is 113 Å². The molecule has 1 nitrogen and oxygen atoms in total. The van der Waals surface area contributed by atoms with Gasteiger partial charge in [-0.2, -0.15) is 0 Å². The fourth-order valence-corrected chi connectivity index (χ4v) is 3.91. The number of hydrogen-bond acceptors (Lipinski definition) is 1. The Morgan fingerprint density at radius 2 is 1.27 bits per heavy atom. The molecule has 0 atom stereocenters. The van der Waals surface area contributed by atoms with E-state index >= 15 is 0 Å². The van der Waals surface area contributed by atoms with Gasteiger partial charge in [0.05, 0.1) is 7.11 Å². The highest BCUT2D eigenvalue weighted by Gasteiger charge is 2.15. The Hall–Kier alpha value is -3.53. The Kier molecular flexibility index (Phi) is 6.83. The summed E-state index contributed by atoms with van der Waals surface area (Å²) in [6, 6.07) is 23.3. The number of rotatable bonds is 7. The molecule has 4 aromatic carbocycles. The molecule has 0 saturated carbocycles. The molecule has 0 unspecified atom stereocenters. The lowest BCUT2D eigenvalue weighted by molar-refractivity contribution is 0.386. The van der Waals surface area contributed by atoms with Crippen LogP contribution in [0, 0.1) is 17.5 Å². The predicted octanol–water partition coefficient (Wildman–Crippen LogP) is 7.79. The monoisotopic (exact) mass is 446 g/mol. The summed E-state index contributed by atoms with van der Waals surface area (Å²) in [7, 11) is 1.43. The van der Waals surface area contributed by atoms with E-state index in [1.54, 1.807) is 24.3 Å². The zero-order chi connectivity index (χ0) is 23.4. The van der Waals surface area contributed by atoms with Crippen molar-refractivity contribution in [2.75, 3.05) is 7.11 Å². The summed E-state index contributed by atoms with van der Waals surface area (Å²) in [6.45, 7) is 2.05. The van der Waals surface area contributed by atoms with Crippen LogP contribution in [0.25, 0.3) is 22.3 Å². The quantitative estimate of drug-likeness (QED) is 0.281. The maximum absolute atomic E-state index is 14.8. The summed E-state index contributed by atoms with van der Waals surface area (Å²) >= 11 is 0. The molecule has 0 saturated heterocycles. The summed E-state index contributed by atoms with van der Waals surface area (Å²) in [4.78, 5) is 0. The second kappa shape index (κ2) is 9.95. The van der Waals surface area contributed by atoms with E-state index in [2.05, 4.69) is 6.92 Å². The van der Waals surface area contributed by atoms with Gasteiger partial charge < -0.3 is 4.74 Å². The molecule has 4 rings (SSSR count). The molecule has 4 heteroatoms. The Morgan fingerprint density at radius 1 is 0.636 bits per heavy atom. The molecule has 0 aliphatic heterocycles. The van der Waals surface area contributed by atoms with Crippen LogP contribution in [0.4, 0.5) is 13.2 Å². The first-order valence-corrected chi connectivity index (χ1v) is 11.0. The zero-order valence-electron chi connectivity index (χ0n) is 18.7. The zero-order valence-corrected chi connectivity index (χ0v) is 18.7. The number of methoxy groups -OCH3 is 1. The summed E-state index contributed by atoms with van der Waals surface area (Å²) in [5.41, 5.74) is 5.05. The maximum Gasteiger partial charge on any atom is 0.166 e. The molecule has 168 valence electrons. The molecule has 0 aliphatic rings. The lowest BCUT2D eigenvalue weighted by Crippen LogP contribution is -2.00. The predicted molar refractivity (Wildman–Crippen MR) is 127 cm³/mol. The van der Waals surface area contributed by atoms with Gasteiger partial charge >= 0.3 is 0 Å². The summed E-state index contributed by atoms with van der Waals surface area (Å²) in [5.74, 6) is -1.82. The first-order valence-electron chi connectivity index (χ1n) is 11.0. The number of benzene rings is 4. The molecule has 0 radical (unpaired) electrons. The Labute approximate surface area is 192 Å². The van der Waals surface area contributed by atoms with Crippen LogP contribution < -0.4 is 4.74 Å². The van der Waals surface area contributed by atoms with E-state index in [1.165, 1.54) is 13.2 Å². The van der Waals surface area contributed by atoms with Crippen LogP contribution in [0.15, 0.2) is 78.9 Å². The van der Waals surface area contributed by atoms with Crippen molar-refractivity contribution in [2.45, 2.75) is 26.2 Å². The third-order valence-corrected chi connectivity index (χ3v) is 5.96. The van der Waals surface area contributed by atoms with Crippen molar-refractivity contribution >= 4 is 0 Å². The van der Waals surface area contributed by atoms with E-state index in [0.717, 1.165) is 28.7 Å². The highest BCUT2D eigenvalue weighted by molar-refractivity contribution is 5.66. The van der Waals surface area contributed by atoms with Gasteiger partial charge in [0.15, 0.2) is 23.2 Å². The number of hydrogen-bond donors (Lipinski definition) is 0. The van der Waals surface area contributed by atoms with Crippen molar-refractivity contribution in [1.29, 1.82) is 0 Å². The molecule has 0 spiro atoms. The van der Waals surface area contributed by atoms with Crippen LogP contribution >= 0.6 is 0 Å². The van der Waals surface area contributed by atoms with Crippen LogP contribution in [0.2, 0.25) is 0 Å². The van der Waals surface area contributed by atoms with Crippen LogP contribution in [0.1, 0.15) is 23.6 Å². The molecule has 33 heavy (non-hydrogen) atoms. The van der Waals surface area contributed by atoms with Crippen LogP contribution in [-0.4, -0.2) is 7.11 Å². The van der Waals surface area contributed by atoms with Gasteiger partial charge in [-0.05, 0) is 64.8 Å².